The average molecular weight is 402 g/mol. The minimum Gasteiger partial charge on any atom is -0.491 e. The maximum absolute atomic E-state index is 12.8. The van der Waals surface area contributed by atoms with Crippen LogP contribution >= 0.6 is 0 Å². The highest BCUT2D eigenvalue weighted by molar-refractivity contribution is 6.07. The van der Waals surface area contributed by atoms with Crippen molar-refractivity contribution < 1.29 is 28.6 Å². The van der Waals surface area contributed by atoms with E-state index in [0.717, 1.165) is 17.8 Å². The predicted octanol–water partition coefficient (Wildman–Crippen LogP) is 3.81. The molecule has 3 aliphatic rings. The molecule has 0 aromatic heterocycles. The van der Waals surface area contributed by atoms with E-state index in [-0.39, 0.29) is 22.3 Å². The monoisotopic (exact) mass is 402 g/mol. The van der Waals surface area contributed by atoms with E-state index in [1.54, 1.807) is 12.2 Å². The van der Waals surface area contributed by atoms with Crippen molar-refractivity contribution in [3.05, 3.63) is 34.6 Å². The molecule has 1 heterocycles. The van der Waals surface area contributed by atoms with Gasteiger partial charge >= 0.3 is 11.9 Å². The van der Waals surface area contributed by atoms with E-state index >= 15 is 0 Å². The van der Waals surface area contributed by atoms with Crippen molar-refractivity contribution in [1.82, 2.24) is 0 Å². The molecule has 0 bridgehead atoms. The Balaban J connectivity index is 2.07. The fourth-order valence-corrected chi connectivity index (χ4v) is 4.59. The number of hydrogen-bond acceptors (Lipinski definition) is 6. The molecule has 2 atom stereocenters. The van der Waals surface area contributed by atoms with Crippen LogP contribution in [0.2, 0.25) is 0 Å². The Morgan fingerprint density at radius 2 is 1.45 bits per heavy atom. The molecule has 0 aromatic carbocycles. The number of rotatable bonds is 2. The zero-order chi connectivity index (χ0) is 21.6. The Morgan fingerprint density at radius 1 is 0.897 bits per heavy atom. The summed E-state index contributed by atoms with van der Waals surface area (Å²) in [7, 11) is 2.57. The molecule has 0 fully saturated rings. The fraction of sp³-hybridized carbons (Fsp3) is 0.609. The molecular formula is C23H30O6. The normalized spacial score (nSPS) is 34.8. The van der Waals surface area contributed by atoms with E-state index in [2.05, 4.69) is 20.8 Å². The molecule has 3 rings (SSSR count). The van der Waals surface area contributed by atoms with Crippen LogP contribution in [0.5, 0.6) is 0 Å². The summed E-state index contributed by atoms with van der Waals surface area (Å²) in [5.74, 6) is -0.249. The van der Waals surface area contributed by atoms with Gasteiger partial charge in [-0.15, -0.1) is 0 Å². The van der Waals surface area contributed by atoms with Crippen LogP contribution in [-0.2, 0) is 28.6 Å². The summed E-state index contributed by atoms with van der Waals surface area (Å²) in [5, 5.41) is 0. The van der Waals surface area contributed by atoms with Gasteiger partial charge in [0.05, 0.1) is 25.4 Å². The average Bonchev–Trinajstić information content (AvgIpc) is 2.63. The van der Waals surface area contributed by atoms with Gasteiger partial charge in [0.2, 0.25) is 0 Å². The highest BCUT2D eigenvalue weighted by atomic mass is 16.5. The van der Waals surface area contributed by atoms with Crippen molar-refractivity contribution in [1.29, 1.82) is 0 Å². The number of allylic oxidation sites excluding steroid dienone is 3. The molecule has 2 aliphatic carbocycles. The number of methoxy groups -OCH3 is 2. The third-order valence-electron chi connectivity index (χ3n) is 6.70. The van der Waals surface area contributed by atoms with Crippen molar-refractivity contribution in [2.24, 2.45) is 10.8 Å². The zero-order valence-corrected chi connectivity index (χ0v) is 18.1. The van der Waals surface area contributed by atoms with Gasteiger partial charge in [-0.2, -0.15) is 0 Å². The second-order valence-corrected chi connectivity index (χ2v) is 9.54. The van der Waals surface area contributed by atoms with Gasteiger partial charge in [0, 0.05) is 30.3 Å². The minimum absolute atomic E-state index is 0.132. The second-order valence-electron chi connectivity index (χ2n) is 9.54. The van der Waals surface area contributed by atoms with Crippen molar-refractivity contribution in [2.75, 3.05) is 14.2 Å². The Labute approximate surface area is 172 Å². The van der Waals surface area contributed by atoms with Gasteiger partial charge in [0.1, 0.15) is 11.4 Å². The quantitative estimate of drug-likeness (QED) is 0.654. The van der Waals surface area contributed by atoms with Crippen LogP contribution in [-0.4, -0.2) is 37.5 Å². The summed E-state index contributed by atoms with van der Waals surface area (Å²) in [4.78, 5) is 37.5. The topological polar surface area (TPSA) is 78.9 Å². The molecule has 6 heteroatoms. The lowest BCUT2D eigenvalue weighted by atomic mass is 9.61. The van der Waals surface area contributed by atoms with E-state index in [1.165, 1.54) is 14.2 Å². The fourth-order valence-electron chi connectivity index (χ4n) is 4.59. The van der Waals surface area contributed by atoms with Crippen LogP contribution in [0.1, 0.15) is 59.8 Å². The molecule has 0 radical (unpaired) electrons. The molecule has 1 aliphatic heterocycles. The van der Waals surface area contributed by atoms with Gasteiger partial charge in [-0.05, 0) is 25.2 Å². The van der Waals surface area contributed by atoms with E-state index in [4.69, 9.17) is 14.2 Å². The second kappa shape index (κ2) is 7.15. The molecular weight excluding hydrogens is 372 g/mol. The number of hydrogen-bond donors (Lipinski definition) is 0. The first-order valence-electron chi connectivity index (χ1n) is 9.97. The van der Waals surface area contributed by atoms with E-state index in [1.807, 2.05) is 6.92 Å². The van der Waals surface area contributed by atoms with Gasteiger partial charge < -0.3 is 14.2 Å². The number of ketones is 1. The molecule has 0 aromatic rings. The zero-order valence-electron chi connectivity index (χ0n) is 18.1. The first kappa shape index (κ1) is 21.3. The molecule has 0 spiro atoms. The number of fused-ring (bicyclic) bond motifs is 1. The molecule has 6 nitrogen and oxygen atoms in total. The minimum atomic E-state index is -0.628. The highest BCUT2D eigenvalue weighted by Crippen LogP contribution is 2.55. The van der Waals surface area contributed by atoms with Crippen LogP contribution in [0.3, 0.4) is 0 Å². The molecule has 29 heavy (non-hydrogen) atoms. The number of Topliss-reactive ketones (excluding diaryl/α,β-unsaturated/α-hetero) is 1. The summed E-state index contributed by atoms with van der Waals surface area (Å²) >= 11 is 0. The maximum atomic E-state index is 12.8. The van der Waals surface area contributed by atoms with Crippen LogP contribution in [0.15, 0.2) is 34.6 Å². The third kappa shape index (κ3) is 3.65. The van der Waals surface area contributed by atoms with E-state index in [0.29, 0.717) is 25.7 Å². The highest BCUT2D eigenvalue weighted by Gasteiger charge is 2.53. The standard InChI is InChI=1S/C23H30O6/c1-21(2)12-17(24)16-11-22(3)9-7-14(19(25)27-5)15(20(26)28-6)8-10-23(22,4)29-18(16)13-21/h7-8H,9-13H2,1-6H3/b14-7+,15-8+/t22-,23-/m0/s1. The molecule has 0 N–H and O–H groups in total. The third-order valence-corrected chi connectivity index (χ3v) is 6.70. The summed E-state index contributed by atoms with van der Waals surface area (Å²) in [5.41, 5.74) is -0.0242. The van der Waals surface area contributed by atoms with E-state index in [9.17, 15) is 14.4 Å². The SMILES string of the molecule is COC(=O)C1=C/C[C@@]2(C)CC3=C(CC(C)(C)CC3=O)O[C@@]2(C)C/C=C\1C(=O)OC. The van der Waals surface area contributed by atoms with Crippen molar-refractivity contribution in [3.63, 3.8) is 0 Å². The van der Waals surface area contributed by atoms with Crippen LogP contribution in [0.4, 0.5) is 0 Å². The lowest BCUT2D eigenvalue weighted by Crippen LogP contribution is -2.51. The summed E-state index contributed by atoms with van der Waals surface area (Å²) in [6, 6.07) is 0. The smallest absolute Gasteiger partial charge is 0.338 e. The Bertz CT molecular complexity index is 859. The Hall–Kier alpha value is -2.37. The van der Waals surface area contributed by atoms with Gasteiger partial charge in [0.15, 0.2) is 5.78 Å². The molecule has 0 amide bonds. The Morgan fingerprint density at radius 3 is 2.00 bits per heavy atom. The number of ether oxygens (including phenoxy) is 3. The number of carbonyl (C=O) groups excluding carboxylic acids is 3. The predicted molar refractivity (Wildman–Crippen MR) is 107 cm³/mol. The largest absolute Gasteiger partial charge is 0.491 e. The molecule has 0 saturated heterocycles. The molecule has 0 unspecified atom stereocenters. The number of esters is 2. The van der Waals surface area contributed by atoms with Gasteiger partial charge in [0.25, 0.3) is 0 Å². The first-order chi connectivity index (χ1) is 13.5. The van der Waals surface area contributed by atoms with Crippen molar-refractivity contribution in [2.45, 2.75) is 65.4 Å². The van der Waals surface area contributed by atoms with E-state index < -0.39 is 23.0 Å². The molecule has 158 valence electrons. The summed E-state index contributed by atoms with van der Waals surface area (Å²) in [6.45, 7) is 8.25. The first-order valence-corrected chi connectivity index (χ1v) is 9.97. The van der Waals surface area contributed by atoms with Gasteiger partial charge in [-0.3, -0.25) is 4.79 Å². The van der Waals surface area contributed by atoms with Gasteiger partial charge in [-0.25, -0.2) is 9.59 Å². The lowest BCUT2D eigenvalue weighted by Gasteiger charge is -2.52. The van der Waals surface area contributed by atoms with Crippen LogP contribution in [0.25, 0.3) is 0 Å². The number of carbonyl (C=O) groups is 3. The van der Waals surface area contributed by atoms with Crippen molar-refractivity contribution in [3.8, 4) is 0 Å². The summed E-state index contributed by atoms with van der Waals surface area (Å²) < 4.78 is 16.3. The summed E-state index contributed by atoms with van der Waals surface area (Å²) in [6.07, 6.45) is 6.11. The van der Waals surface area contributed by atoms with Crippen LogP contribution < -0.4 is 0 Å². The van der Waals surface area contributed by atoms with Crippen molar-refractivity contribution >= 4 is 17.7 Å². The lowest BCUT2D eigenvalue weighted by molar-refractivity contribution is -0.140. The molecule has 0 saturated carbocycles. The van der Waals surface area contributed by atoms with Gasteiger partial charge in [-0.1, -0.05) is 32.9 Å². The van der Waals surface area contributed by atoms with Crippen LogP contribution in [0, 0.1) is 10.8 Å². The maximum Gasteiger partial charge on any atom is 0.338 e. The Kier molecular flexibility index (Phi) is 5.26.